The van der Waals surface area contributed by atoms with E-state index in [9.17, 15) is 18.0 Å². The van der Waals surface area contributed by atoms with Gasteiger partial charge in [0.05, 0.1) is 11.6 Å². The van der Waals surface area contributed by atoms with Crippen molar-refractivity contribution in [2.24, 2.45) is 0 Å². The lowest BCUT2D eigenvalue weighted by Gasteiger charge is -2.36. The number of aromatic nitrogens is 2. The number of carbonyl (C=O) groups is 1. The number of halogens is 3. The first kappa shape index (κ1) is 27.4. The Morgan fingerprint density at radius 1 is 1.21 bits per heavy atom. The van der Waals surface area contributed by atoms with Gasteiger partial charge in [-0.25, -0.2) is 4.98 Å². The summed E-state index contributed by atoms with van der Waals surface area (Å²) in [6.07, 6.45) is 1.97. The van der Waals surface area contributed by atoms with Gasteiger partial charge < -0.3 is 19.9 Å². The van der Waals surface area contributed by atoms with Gasteiger partial charge in [0.25, 0.3) is 0 Å². The molecule has 202 valence electrons. The van der Waals surface area contributed by atoms with Gasteiger partial charge >= 0.3 is 6.18 Å². The molecule has 1 saturated heterocycles. The molecule has 1 aliphatic carbocycles. The maximum atomic E-state index is 14.0. The Hall–Kier alpha value is -4.59. The minimum atomic E-state index is -4.60. The molecule has 0 spiro atoms. The number of nitrogens with one attached hydrogen (secondary N) is 1. The number of alkyl halides is 3. The van der Waals surface area contributed by atoms with Gasteiger partial charge in [-0.3, -0.25) is 4.79 Å². The van der Waals surface area contributed by atoms with Crippen LogP contribution in [-0.4, -0.2) is 47.0 Å². The van der Waals surface area contributed by atoms with Gasteiger partial charge in [-0.2, -0.15) is 23.4 Å². The zero-order valence-corrected chi connectivity index (χ0v) is 21.5. The van der Waals surface area contributed by atoms with Crippen molar-refractivity contribution in [1.82, 2.24) is 14.9 Å². The fourth-order valence-corrected chi connectivity index (χ4v) is 4.57. The molecule has 11 heteroatoms. The lowest BCUT2D eigenvalue weighted by Crippen LogP contribution is -2.48. The quantitative estimate of drug-likeness (QED) is 0.383. The molecule has 0 bridgehead atoms. The summed E-state index contributed by atoms with van der Waals surface area (Å²) in [5.41, 5.74) is 2.04. The second kappa shape index (κ2) is 11.4. The van der Waals surface area contributed by atoms with E-state index >= 15 is 0 Å². The van der Waals surface area contributed by atoms with Crippen molar-refractivity contribution >= 4 is 23.2 Å². The number of ether oxygens (including phenoxy) is 1. The van der Waals surface area contributed by atoms with Crippen molar-refractivity contribution in [3.8, 4) is 11.9 Å². The minimum Gasteiger partial charge on any atom is -0.439 e. The number of nitriles is 1. The Kier molecular flexibility index (Phi) is 8.04. The van der Waals surface area contributed by atoms with Crippen molar-refractivity contribution < 1.29 is 22.7 Å². The van der Waals surface area contributed by atoms with Crippen molar-refractivity contribution in [2.75, 3.05) is 36.4 Å². The SMILES string of the molecule is C=CC(=O)N1CCN(c2ccc(Nc3nccc(OC4=C(C)C/C(=C/C#N)C=C4C)n3)cc2C(F)(F)F)CC1. The highest BCUT2D eigenvalue weighted by molar-refractivity contribution is 5.87. The number of anilines is 3. The van der Waals surface area contributed by atoms with Crippen LogP contribution in [0.4, 0.5) is 30.5 Å². The summed E-state index contributed by atoms with van der Waals surface area (Å²) in [5, 5.41) is 11.8. The number of nitrogens with zero attached hydrogens (tertiary/aromatic N) is 5. The third-order valence-corrected chi connectivity index (χ3v) is 6.37. The largest absolute Gasteiger partial charge is 0.439 e. The van der Waals surface area contributed by atoms with Gasteiger partial charge in [-0.1, -0.05) is 12.7 Å². The number of hydrogen-bond donors (Lipinski definition) is 1. The number of hydrogen-bond acceptors (Lipinski definition) is 7. The highest BCUT2D eigenvalue weighted by Crippen LogP contribution is 2.39. The van der Waals surface area contributed by atoms with Crippen molar-refractivity contribution in [1.29, 1.82) is 5.26 Å². The summed E-state index contributed by atoms with van der Waals surface area (Å²) < 4.78 is 48.1. The summed E-state index contributed by atoms with van der Waals surface area (Å²) >= 11 is 0. The molecule has 1 aromatic carbocycles. The van der Waals surface area contributed by atoms with E-state index in [-0.39, 0.29) is 42.2 Å². The highest BCUT2D eigenvalue weighted by atomic mass is 19.4. The number of allylic oxidation sites excluding steroid dienone is 5. The molecular weight excluding hydrogens is 509 g/mol. The van der Waals surface area contributed by atoms with E-state index in [1.165, 1.54) is 30.5 Å². The minimum absolute atomic E-state index is 0.0449. The summed E-state index contributed by atoms with van der Waals surface area (Å²) in [4.78, 5) is 23.4. The number of rotatable bonds is 6. The predicted octanol–water partition coefficient (Wildman–Crippen LogP) is 5.53. The first-order valence-corrected chi connectivity index (χ1v) is 12.2. The van der Waals surface area contributed by atoms with Crippen LogP contribution >= 0.6 is 0 Å². The summed E-state index contributed by atoms with van der Waals surface area (Å²) in [6.45, 7) is 8.38. The monoisotopic (exact) mass is 536 g/mol. The fourth-order valence-electron chi connectivity index (χ4n) is 4.57. The molecule has 1 N–H and O–H groups in total. The van der Waals surface area contributed by atoms with Gasteiger partial charge in [-0.15, -0.1) is 0 Å². The first-order valence-electron chi connectivity index (χ1n) is 12.2. The Labute approximate surface area is 224 Å². The molecule has 0 unspecified atom stereocenters. The third-order valence-electron chi connectivity index (χ3n) is 6.37. The summed E-state index contributed by atoms with van der Waals surface area (Å²) in [7, 11) is 0. The van der Waals surface area contributed by atoms with Crippen molar-refractivity contribution in [3.05, 3.63) is 83.3 Å². The zero-order valence-electron chi connectivity index (χ0n) is 21.5. The van der Waals surface area contributed by atoms with Gasteiger partial charge in [0.1, 0.15) is 5.76 Å². The van der Waals surface area contributed by atoms with E-state index in [0.29, 0.717) is 25.3 Å². The smallest absolute Gasteiger partial charge is 0.418 e. The lowest BCUT2D eigenvalue weighted by atomic mass is 9.95. The van der Waals surface area contributed by atoms with Crippen LogP contribution in [0.5, 0.6) is 5.88 Å². The topological polar surface area (TPSA) is 94.4 Å². The molecule has 2 aliphatic rings. The average molecular weight is 537 g/mol. The van der Waals surface area contributed by atoms with Crippen LogP contribution in [0.25, 0.3) is 0 Å². The second-order valence-electron chi connectivity index (χ2n) is 9.15. The number of piperazine rings is 1. The van der Waals surface area contributed by atoms with Crippen LogP contribution in [0.3, 0.4) is 0 Å². The third kappa shape index (κ3) is 6.46. The van der Waals surface area contributed by atoms with E-state index in [0.717, 1.165) is 22.8 Å². The average Bonchev–Trinajstić information content (AvgIpc) is 2.90. The van der Waals surface area contributed by atoms with Crippen LogP contribution < -0.4 is 15.0 Å². The highest BCUT2D eigenvalue weighted by Gasteiger charge is 2.36. The molecule has 0 saturated carbocycles. The maximum Gasteiger partial charge on any atom is 0.418 e. The van der Waals surface area contributed by atoms with E-state index in [1.54, 1.807) is 15.9 Å². The molecule has 0 atom stereocenters. The van der Waals surface area contributed by atoms with Gasteiger partial charge in [0.15, 0.2) is 0 Å². The molecule has 1 fully saturated rings. The zero-order chi connectivity index (χ0) is 28.2. The maximum absolute atomic E-state index is 14.0. The number of carbonyl (C=O) groups excluding carboxylic acids is 1. The normalized spacial score (nSPS) is 17.0. The second-order valence-corrected chi connectivity index (χ2v) is 9.15. The molecule has 1 aromatic heterocycles. The van der Waals surface area contributed by atoms with E-state index < -0.39 is 11.7 Å². The van der Waals surface area contributed by atoms with Gasteiger partial charge in [0, 0.05) is 55.9 Å². The Balaban J connectivity index is 1.52. The first-order chi connectivity index (χ1) is 18.6. The number of amides is 1. The predicted molar refractivity (Wildman–Crippen MR) is 141 cm³/mol. The lowest BCUT2D eigenvalue weighted by molar-refractivity contribution is -0.137. The summed E-state index contributed by atoms with van der Waals surface area (Å²) in [5.74, 6) is 0.680. The molecule has 2 aromatic rings. The molecule has 8 nitrogen and oxygen atoms in total. The van der Waals surface area contributed by atoms with Crippen molar-refractivity contribution in [2.45, 2.75) is 26.4 Å². The number of benzene rings is 1. The van der Waals surface area contributed by atoms with Crippen LogP contribution in [0.15, 0.2) is 77.7 Å². The molecule has 2 heterocycles. The van der Waals surface area contributed by atoms with Crippen LogP contribution in [0, 0.1) is 11.3 Å². The van der Waals surface area contributed by atoms with Crippen LogP contribution in [0.1, 0.15) is 25.8 Å². The van der Waals surface area contributed by atoms with E-state index in [2.05, 4.69) is 21.9 Å². The Morgan fingerprint density at radius 3 is 2.59 bits per heavy atom. The van der Waals surface area contributed by atoms with Gasteiger partial charge in [-0.05, 0) is 61.3 Å². The molecule has 1 amide bonds. The van der Waals surface area contributed by atoms with Gasteiger partial charge in [0.2, 0.25) is 17.7 Å². The van der Waals surface area contributed by atoms with Crippen LogP contribution in [0.2, 0.25) is 0 Å². The molecule has 0 radical (unpaired) electrons. The van der Waals surface area contributed by atoms with Crippen LogP contribution in [-0.2, 0) is 11.0 Å². The fraction of sp³-hybridized carbons (Fsp3) is 0.286. The molecule has 1 aliphatic heterocycles. The van der Waals surface area contributed by atoms with Crippen molar-refractivity contribution in [3.63, 3.8) is 0 Å². The Bertz CT molecular complexity index is 1410. The molecular formula is C28H27F3N6O2. The Morgan fingerprint density at radius 2 is 1.95 bits per heavy atom. The molecule has 4 rings (SSSR count). The summed E-state index contributed by atoms with van der Waals surface area (Å²) in [6, 6.07) is 7.55. The van der Waals surface area contributed by atoms with E-state index in [4.69, 9.17) is 10.00 Å². The van der Waals surface area contributed by atoms with E-state index in [1.807, 2.05) is 26.0 Å². The molecule has 39 heavy (non-hydrogen) atoms. The standard InChI is InChI=1S/C28H27F3N6O2/c1-4-25(38)37-13-11-36(12-14-37)23-6-5-21(17-22(23)28(29,30)31)34-27-33-10-8-24(35-27)39-26-18(2)15-20(7-9-32)16-19(26)3/h4-8,10,15,17H,1,11-14,16H2,2-3H3,(H,33,34,35)/b20-7+.